The van der Waals surface area contributed by atoms with E-state index >= 15 is 0 Å². The minimum absolute atomic E-state index is 0.00632. The third kappa shape index (κ3) is 3.98. The van der Waals surface area contributed by atoms with Gasteiger partial charge in [0.2, 0.25) is 0 Å². The van der Waals surface area contributed by atoms with E-state index in [0.717, 1.165) is 0 Å². The van der Waals surface area contributed by atoms with Crippen molar-refractivity contribution in [1.82, 2.24) is 0 Å². The van der Waals surface area contributed by atoms with Crippen molar-refractivity contribution in [2.75, 3.05) is 5.32 Å². The fourth-order valence-corrected chi connectivity index (χ4v) is 4.02. The number of nitrogens with zero attached hydrogens (tertiary/aromatic N) is 1. The number of hydrogen-bond acceptors (Lipinski definition) is 2. The molecule has 4 heteroatoms. The van der Waals surface area contributed by atoms with E-state index in [1.54, 1.807) is 18.2 Å². The normalized spacial score (nSPS) is 10.8. The Bertz CT molecular complexity index is 715. The van der Waals surface area contributed by atoms with Gasteiger partial charge in [-0.2, -0.15) is 0 Å². The Balaban J connectivity index is 2.13. The van der Waals surface area contributed by atoms with Gasteiger partial charge in [-0.1, -0.05) is 0 Å². The standard InChI is InChI=1S/C18H18N2OSe/c1-13-8-10-15(11-9-13)22-18(2,3)17(21)20-16-7-5-4-6-14(16)12-19/h4-11H,1-3H3,(H,20,21). The maximum absolute atomic E-state index is 12.6. The molecule has 0 aliphatic carbocycles. The number of aryl methyl sites for hydroxylation is 1. The Kier molecular flexibility index (Phi) is 5.03. The monoisotopic (exact) mass is 358 g/mol. The summed E-state index contributed by atoms with van der Waals surface area (Å²) in [7, 11) is 0. The zero-order chi connectivity index (χ0) is 16.2. The molecule has 0 fully saturated rings. The molecule has 2 aromatic rings. The SMILES string of the molecule is Cc1ccc([Se]C(C)(C)C(=O)Nc2ccccc2C#N)cc1. The Hall–Kier alpha value is -2.08. The quantitative estimate of drug-likeness (QED) is 0.856. The van der Waals surface area contributed by atoms with Gasteiger partial charge in [0.05, 0.1) is 0 Å². The topological polar surface area (TPSA) is 52.9 Å². The van der Waals surface area contributed by atoms with Crippen molar-refractivity contribution in [1.29, 1.82) is 5.26 Å². The van der Waals surface area contributed by atoms with Crippen LogP contribution in [0.2, 0.25) is 4.31 Å². The molecule has 0 heterocycles. The molecular weight excluding hydrogens is 339 g/mol. The van der Waals surface area contributed by atoms with Gasteiger partial charge in [0.25, 0.3) is 0 Å². The first-order valence-corrected chi connectivity index (χ1v) is 8.70. The van der Waals surface area contributed by atoms with E-state index < -0.39 is 4.31 Å². The van der Waals surface area contributed by atoms with Crippen LogP contribution in [0.4, 0.5) is 5.69 Å². The second kappa shape index (κ2) is 6.79. The van der Waals surface area contributed by atoms with Crippen molar-refractivity contribution in [2.24, 2.45) is 0 Å². The molecule has 0 spiro atoms. The number of rotatable bonds is 4. The van der Waals surface area contributed by atoms with Gasteiger partial charge in [-0.3, -0.25) is 0 Å². The van der Waals surface area contributed by atoms with Gasteiger partial charge >= 0.3 is 137 Å². The van der Waals surface area contributed by atoms with E-state index in [1.807, 2.05) is 26.8 Å². The number of hydrogen-bond donors (Lipinski definition) is 1. The third-order valence-corrected chi connectivity index (χ3v) is 5.76. The number of nitriles is 1. The van der Waals surface area contributed by atoms with Gasteiger partial charge in [0, 0.05) is 0 Å². The van der Waals surface area contributed by atoms with Crippen LogP contribution in [0.3, 0.4) is 0 Å². The zero-order valence-corrected chi connectivity index (χ0v) is 14.6. The van der Waals surface area contributed by atoms with Crippen LogP contribution < -0.4 is 9.78 Å². The predicted molar refractivity (Wildman–Crippen MR) is 90.4 cm³/mol. The maximum atomic E-state index is 12.6. The fraction of sp³-hybridized carbons (Fsp3) is 0.222. The van der Waals surface area contributed by atoms with E-state index in [2.05, 4.69) is 35.7 Å². The van der Waals surface area contributed by atoms with Crippen molar-refractivity contribution >= 4 is 31.0 Å². The second-order valence-electron chi connectivity index (χ2n) is 5.54. The fourth-order valence-electron chi connectivity index (χ4n) is 1.91. The van der Waals surface area contributed by atoms with Gasteiger partial charge in [-0.25, -0.2) is 0 Å². The van der Waals surface area contributed by atoms with Crippen LogP contribution in [0, 0.1) is 18.3 Å². The Morgan fingerprint density at radius 3 is 2.41 bits per heavy atom. The number of benzene rings is 2. The molecule has 1 amide bonds. The molecule has 3 nitrogen and oxygen atoms in total. The Morgan fingerprint density at radius 2 is 1.77 bits per heavy atom. The third-order valence-electron chi connectivity index (χ3n) is 3.24. The van der Waals surface area contributed by atoms with Crippen LogP contribution >= 0.6 is 0 Å². The number of anilines is 1. The first-order valence-electron chi connectivity index (χ1n) is 6.98. The first kappa shape index (κ1) is 16.3. The number of carbonyl (C=O) groups excluding carboxylic acids is 1. The second-order valence-corrected chi connectivity index (χ2v) is 9.10. The van der Waals surface area contributed by atoms with Crippen LogP contribution in [0.25, 0.3) is 0 Å². The van der Waals surface area contributed by atoms with Gasteiger partial charge < -0.3 is 0 Å². The van der Waals surface area contributed by atoms with E-state index in [-0.39, 0.29) is 20.9 Å². The van der Waals surface area contributed by atoms with Gasteiger partial charge in [-0.05, 0) is 0 Å². The molecule has 1 N–H and O–H groups in total. The van der Waals surface area contributed by atoms with E-state index in [4.69, 9.17) is 5.26 Å². The summed E-state index contributed by atoms with van der Waals surface area (Å²) in [5.74, 6) is -0.0595. The van der Waals surface area contributed by atoms with Gasteiger partial charge in [0.1, 0.15) is 0 Å². The number of carbonyl (C=O) groups is 1. The molecule has 0 atom stereocenters. The summed E-state index contributed by atoms with van der Waals surface area (Å²) >= 11 is 0.00632. The van der Waals surface area contributed by atoms with Crippen LogP contribution in [-0.4, -0.2) is 20.9 Å². The molecule has 0 radical (unpaired) electrons. The molecule has 0 aliphatic heterocycles. The van der Waals surface area contributed by atoms with Crippen molar-refractivity contribution < 1.29 is 4.79 Å². The molecular formula is C18H18N2OSe. The summed E-state index contributed by atoms with van der Waals surface area (Å²) in [5, 5.41) is 12.0. The van der Waals surface area contributed by atoms with Gasteiger partial charge in [0.15, 0.2) is 0 Å². The summed E-state index contributed by atoms with van der Waals surface area (Å²) in [6.07, 6.45) is 0. The molecule has 0 saturated carbocycles. The Morgan fingerprint density at radius 1 is 1.14 bits per heavy atom. The molecule has 0 aromatic heterocycles. The van der Waals surface area contributed by atoms with Crippen LogP contribution in [0.15, 0.2) is 48.5 Å². The minimum atomic E-state index is -0.495. The van der Waals surface area contributed by atoms with E-state index in [1.165, 1.54) is 10.0 Å². The molecule has 22 heavy (non-hydrogen) atoms. The van der Waals surface area contributed by atoms with Crippen LogP contribution in [0.5, 0.6) is 0 Å². The number of amides is 1. The molecule has 0 bridgehead atoms. The summed E-state index contributed by atoms with van der Waals surface area (Å²) in [5.41, 5.74) is 2.27. The zero-order valence-electron chi connectivity index (χ0n) is 12.9. The molecule has 112 valence electrons. The average molecular weight is 357 g/mol. The summed E-state index contributed by atoms with van der Waals surface area (Å²) in [6.45, 7) is 5.93. The van der Waals surface area contributed by atoms with Crippen molar-refractivity contribution in [3.05, 3.63) is 59.7 Å². The van der Waals surface area contributed by atoms with E-state index in [9.17, 15) is 4.79 Å². The van der Waals surface area contributed by atoms with Crippen LogP contribution in [-0.2, 0) is 4.79 Å². The Labute approximate surface area is 137 Å². The van der Waals surface area contributed by atoms with Crippen molar-refractivity contribution in [3.63, 3.8) is 0 Å². The molecule has 0 aliphatic rings. The molecule has 2 aromatic carbocycles. The van der Waals surface area contributed by atoms with Crippen molar-refractivity contribution in [2.45, 2.75) is 25.1 Å². The first-order chi connectivity index (χ1) is 10.4. The predicted octanol–water partition coefficient (Wildman–Crippen LogP) is 3.03. The molecule has 0 unspecified atom stereocenters. The molecule has 0 saturated heterocycles. The number of para-hydroxylation sites is 1. The van der Waals surface area contributed by atoms with Gasteiger partial charge in [-0.15, -0.1) is 0 Å². The molecule has 2 rings (SSSR count). The summed E-state index contributed by atoms with van der Waals surface area (Å²) in [6, 6.07) is 17.4. The summed E-state index contributed by atoms with van der Waals surface area (Å²) in [4.78, 5) is 12.6. The van der Waals surface area contributed by atoms with Crippen molar-refractivity contribution in [3.8, 4) is 6.07 Å². The van der Waals surface area contributed by atoms with Crippen LogP contribution in [0.1, 0.15) is 25.0 Å². The summed E-state index contributed by atoms with van der Waals surface area (Å²) < 4.78 is 0.692. The average Bonchev–Trinajstić information content (AvgIpc) is 2.50. The number of nitrogens with one attached hydrogen (secondary N) is 1. The van der Waals surface area contributed by atoms with E-state index in [0.29, 0.717) is 11.3 Å².